The van der Waals surface area contributed by atoms with E-state index in [0.29, 0.717) is 0 Å². The van der Waals surface area contributed by atoms with E-state index >= 15 is 0 Å². The van der Waals surface area contributed by atoms with Crippen LogP contribution < -0.4 is 5.73 Å². The van der Waals surface area contributed by atoms with Crippen molar-refractivity contribution in [3.05, 3.63) is 59.4 Å². The van der Waals surface area contributed by atoms with Gasteiger partial charge in [-0.25, -0.2) is 0 Å². The SMILES string of the molecule is CSc1ccccc1C(N)c1cncc(C)c1. The van der Waals surface area contributed by atoms with Crippen LogP contribution in [0.25, 0.3) is 0 Å². The van der Waals surface area contributed by atoms with Crippen LogP contribution in [0.2, 0.25) is 0 Å². The minimum atomic E-state index is -0.106. The summed E-state index contributed by atoms with van der Waals surface area (Å²) in [4.78, 5) is 5.42. The Hall–Kier alpha value is -1.32. The third-order valence-electron chi connectivity index (χ3n) is 2.73. The molecule has 2 aromatic rings. The first-order chi connectivity index (χ1) is 8.22. The molecule has 0 amide bonds. The molecule has 1 atom stereocenters. The monoisotopic (exact) mass is 244 g/mol. The summed E-state index contributed by atoms with van der Waals surface area (Å²) in [6.45, 7) is 2.03. The van der Waals surface area contributed by atoms with E-state index < -0.39 is 0 Å². The van der Waals surface area contributed by atoms with Crippen molar-refractivity contribution in [2.45, 2.75) is 17.9 Å². The van der Waals surface area contributed by atoms with Gasteiger partial charge in [0.1, 0.15) is 0 Å². The molecule has 17 heavy (non-hydrogen) atoms. The highest BCUT2D eigenvalue weighted by Gasteiger charge is 2.12. The molecule has 1 unspecified atom stereocenters. The van der Waals surface area contributed by atoms with Crippen molar-refractivity contribution in [1.82, 2.24) is 4.98 Å². The van der Waals surface area contributed by atoms with Crippen LogP contribution >= 0.6 is 11.8 Å². The van der Waals surface area contributed by atoms with Crippen molar-refractivity contribution < 1.29 is 0 Å². The van der Waals surface area contributed by atoms with Crippen molar-refractivity contribution in [1.29, 1.82) is 0 Å². The number of nitrogens with two attached hydrogens (primary N) is 1. The minimum absolute atomic E-state index is 0.106. The normalized spacial score (nSPS) is 12.4. The molecule has 2 N–H and O–H groups in total. The van der Waals surface area contributed by atoms with Crippen LogP contribution in [-0.2, 0) is 0 Å². The Balaban J connectivity index is 2.40. The Kier molecular flexibility index (Phi) is 3.82. The largest absolute Gasteiger partial charge is 0.320 e. The lowest BCUT2D eigenvalue weighted by atomic mass is 10.0. The molecular formula is C14H16N2S. The number of pyridine rings is 1. The van der Waals surface area contributed by atoms with Crippen molar-refractivity contribution >= 4 is 11.8 Å². The molecule has 1 heterocycles. The lowest BCUT2D eigenvalue weighted by Gasteiger charge is -2.15. The smallest absolute Gasteiger partial charge is 0.0578 e. The van der Waals surface area contributed by atoms with Crippen molar-refractivity contribution in [3.8, 4) is 0 Å². The first-order valence-electron chi connectivity index (χ1n) is 5.52. The fourth-order valence-corrected chi connectivity index (χ4v) is 2.50. The maximum absolute atomic E-state index is 6.31. The summed E-state index contributed by atoms with van der Waals surface area (Å²) in [7, 11) is 0. The average Bonchev–Trinajstić information content (AvgIpc) is 2.38. The topological polar surface area (TPSA) is 38.9 Å². The average molecular weight is 244 g/mol. The number of nitrogens with zero attached hydrogens (tertiary/aromatic N) is 1. The zero-order valence-corrected chi connectivity index (χ0v) is 10.9. The first-order valence-corrected chi connectivity index (χ1v) is 6.75. The maximum atomic E-state index is 6.31. The highest BCUT2D eigenvalue weighted by atomic mass is 32.2. The molecule has 0 aliphatic heterocycles. The molecule has 0 saturated carbocycles. The molecule has 0 aliphatic carbocycles. The van der Waals surface area contributed by atoms with Gasteiger partial charge in [-0.15, -0.1) is 11.8 Å². The van der Waals surface area contributed by atoms with Crippen LogP contribution in [0.1, 0.15) is 22.7 Å². The number of benzene rings is 1. The molecule has 1 aromatic carbocycles. The molecule has 3 heteroatoms. The standard InChI is InChI=1S/C14H16N2S/c1-10-7-11(9-16-8-10)14(15)12-5-3-4-6-13(12)17-2/h3-9,14H,15H2,1-2H3. The number of hydrogen-bond donors (Lipinski definition) is 1. The Morgan fingerprint density at radius 3 is 2.71 bits per heavy atom. The Labute approximate surface area is 106 Å². The van der Waals surface area contributed by atoms with Gasteiger partial charge in [0.15, 0.2) is 0 Å². The number of rotatable bonds is 3. The van der Waals surface area contributed by atoms with E-state index in [2.05, 4.69) is 29.4 Å². The summed E-state index contributed by atoms with van der Waals surface area (Å²) in [6.07, 6.45) is 5.76. The molecular weight excluding hydrogens is 228 g/mol. The van der Waals surface area contributed by atoms with Gasteiger partial charge in [0.25, 0.3) is 0 Å². The van der Waals surface area contributed by atoms with Crippen LogP contribution in [0, 0.1) is 6.92 Å². The lowest BCUT2D eigenvalue weighted by molar-refractivity contribution is 0.839. The van der Waals surface area contributed by atoms with Crippen LogP contribution in [0.3, 0.4) is 0 Å². The molecule has 1 aromatic heterocycles. The fraction of sp³-hybridized carbons (Fsp3) is 0.214. The van der Waals surface area contributed by atoms with E-state index in [9.17, 15) is 0 Å². The molecule has 0 aliphatic rings. The van der Waals surface area contributed by atoms with E-state index in [-0.39, 0.29) is 6.04 Å². The van der Waals surface area contributed by atoms with Gasteiger partial charge >= 0.3 is 0 Å². The van der Waals surface area contributed by atoms with Gasteiger partial charge in [-0.3, -0.25) is 4.98 Å². The highest BCUT2D eigenvalue weighted by molar-refractivity contribution is 7.98. The number of thioether (sulfide) groups is 1. The number of aromatic nitrogens is 1. The molecule has 2 rings (SSSR count). The molecule has 0 spiro atoms. The van der Waals surface area contributed by atoms with Gasteiger partial charge in [-0.1, -0.05) is 24.3 Å². The third kappa shape index (κ3) is 2.68. The van der Waals surface area contributed by atoms with Gasteiger partial charge in [0, 0.05) is 17.3 Å². The summed E-state index contributed by atoms with van der Waals surface area (Å²) in [5.74, 6) is 0. The second-order valence-corrected chi connectivity index (χ2v) is 4.86. The van der Waals surface area contributed by atoms with E-state index in [1.165, 1.54) is 4.90 Å². The Morgan fingerprint density at radius 1 is 1.24 bits per heavy atom. The summed E-state index contributed by atoms with van der Waals surface area (Å²) in [5, 5.41) is 0. The summed E-state index contributed by atoms with van der Waals surface area (Å²) in [6, 6.07) is 10.2. The predicted molar refractivity (Wildman–Crippen MR) is 73.2 cm³/mol. The van der Waals surface area contributed by atoms with E-state index in [0.717, 1.165) is 16.7 Å². The van der Waals surface area contributed by atoms with Crippen molar-refractivity contribution in [2.75, 3.05) is 6.26 Å². The van der Waals surface area contributed by atoms with E-state index in [1.54, 1.807) is 11.8 Å². The fourth-order valence-electron chi connectivity index (χ4n) is 1.85. The molecule has 88 valence electrons. The number of hydrogen-bond acceptors (Lipinski definition) is 3. The van der Waals surface area contributed by atoms with Crippen molar-refractivity contribution in [3.63, 3.8) is 0 Å². The Morgan fingerprint density at radius 2 is 2.00 bits per heavy atom. The zero-order valence-electron chi connectivity index (χ0n) is 10.1. The van der Waals surface area contributed by atoms with Gasteiger partial charge in [0.05, 0.1) is 6.04 Å². The van der Waals surface area contributed by atoms with Crippen LogP contribution in [0.4, 0.5) is 0 Å². The summed E-state index contributed by atoms with van der Waals surface area (Å²) < 4.78 is 0. The highest BCUT2D eigenvalue weighted by Crippen LogP contribution is 2.28. The first kappa shape index (κ1) is 12.1. The van der Waals surface area contributed by atoms with Crippen LogP contribution in [-0.4, -0.2) is 11.2 Å². The zero-order chi connectivity index (χ0) is 12.3. The molecule has 2 nitrogen and oxygen atoms in total. The summed E-state index contributed by atoms with van der Waals surface area (Å²) in [5.41, 5.74) is 9.67. The van der Waals surface area contributed by atoms with E-state index in [4.69, 9.17) is 5.73 Å². The summed E-state index contributed by atoms with van der Waals surface area (Å²) >= 11 is 1.72. The number of aryl methyl sites for hydroxylation is 1. The van der Waals surface area contributed by atoms with Gasteiger partial charge < -0.3 is 5.73 Å². The quantitative estimate of drug-likeness (QED) is 0.843. The second kappa shape index (κ2) is 5.34. The third-order valence-corrected chi connectivity index (χ3v) is 3.54. The second-order valence-electron chi connectivity index (χ2n) is 4.02. The molecule has 0 fully saturated rings. The maximum Gasteiger partial charge on any atom is 0.0578 e. The van der Waals surface area contributed by atoms with Gasteiger partial charge in [0.2, 0.25) is 0 Å². The van der Waals surface area contributed by atoms with E-state index in [1.807, 2.05) is 31.5 Å². The van der Waals surface area contributed by atoms with Crippen LogP contribution in [0.5, 0.6) is 0 Å². The van der Waals surface area contributed by atoms with Crippen molar-refractivity contribution in [2.24, 2.45) is 5.73 Å². The lowest BCUT2D eigenvalue weighted by Crippen LogP contribution is -2.13. The van der Waals surface area contributed by atoms with Gasteiger partial charge in [-0.2, -0.15) is 0 Å². The van der Waals surface area contributed by atoms with Gasteiger partial charge in [-0.05, 0) is 35.9 Å². The minimum Gasteiger partial charge on any atom is -0.320 e. The predicted octanol–water partition coefficient (Wildman–Crippen LogP) is 3.16. The molecule has 0 bridgehead atoms. The molecule has 0 radical (unpaired) electrons. The van der Waals surface area contributed by atoms with Crippen LogP contribution in [0.15, 0.2) is 47.6 Å². The molecule has 0 saturated heterocycles. The Bertz CT molecular complexity index is 511.